The molecule has 0 radical (unpaired) electrons. The van der Waals surface area contributed by atoms with Gasteiger partial charge >= 0.3 is 0 Å². The molecule has 144 valence electrons. The van der Waals surface area contributed by atoms with E-state index in [-0.39, 0.29) is 0 Å². The van der Waals surface area contributed by atoms with E-state index >= 15 is 0 Å². The zero-order valence-electron chi connectivity index (χ0n) is 16.4. The van der Waals surface area contributed by atoms with Gasteiger partial charge < -0.3 is 10.3 Å². The molecule has 1 aliphatic rings. The summed E-state index contributed by atoms with van der Waals surface area (Å²) in [5.41, 5.74) is 8.22. The molecule has 1 saturated heterocycles. The number of hydrogen-bond acceptors (Lipinski definition) is 3. The second-order valence-electron chi connectivity index (χ2n) is 8.15. The minimum atomic E-state index is 0.669. The van der Waals surface area contributed by atoms with Crippen molar-refractivity contribution in [2.75, 3.05) is 13.1 Å². The molecular weight excluding hydrogens is 358 g/mol. The number of hydrogen-bond donors (Lipinski definition) is 2. The fourth-order valence-electron chi connectivity index (χ4n) is 4.76. The van der Waals surface area contributed by atoms with Gasteiger partial charge in [0.05, 0.1) is 0 Å². The van der Waals surface area contributed by atoms with E-state index in [2.05, 4.69) is 69.8 Å². The van der Waals surface area contributed by atoms with Gasteiger partial charge in [-0.15, -0.1) is 0 Å². The monoisotopic (exact) mass is 381 g/mol. The molecule has 1 aliphatic heterocycles. The minimum absolute atomic E-state index is 0.669. The van der Waals surface area contributed by atoms with Crippen molar-refractivity contribution in [2.45, 2.75) is 25.7 Å². The third-order valence-corrected chi connectivity index (χ3v) is 6.33. The lowest BCUT2D eigenvalue weighted by atomic mass is 9.89. The predicted molar refractivity (Wildman–Crippen MR) is 117 cm³/mol. The molecule has 0 amide bonds. The van der Waals surface area contributed by atoms with Gasteiger partial charge in [-0.3, -0.25) is 0 Å². The van der Waals surface area contributed by atoms with Gasteiger partial charge in [0, 0.05) is 33.6 Å². The van der Waals surface area contributed by atoms with Crippen molar-refractivity contribution >= 4 is 27.5 Å². The van der Waals surface area contributed by atoms with Gasteiger partial charge in [0.2, 0.25) is 0 Å². The van der Waals surface area contributed by atoms with E-state index in [4.69, 9.17) is 0 Å². The van der Waals surface area contributed by atoms with Crippen LogP contribution in [0.5, 0.6) is 0 Å². The zero-order chi connectivity index (χ0) is 19.4. The fourth-order valence-corrected chi connectivity index (χ4v) is 4.76. The molecule has 5 nitrogen and oxygen atoms in total. The molecule has 0 saturated carbocycles. The van der Waals surface area contributed by atoms with Gasteiger partial charge in [-0.2, -0.15) is 5.10 Å². The second-order valence-corrected chi connectivity index (χ2v) is 8.15. The smallest absolute Gasteiger partial charge is 0.158 e. The molecule has 0 bridgehead atoms. The lowest BCUT2D eigenvalue weighted by Crippen LogP contribution is -2.26. The summed E-state index contributed by atoms with van der Waals surface area (Å²) in [6.45, 7) is 4.32. The maximum absolute atomic E-state index is 4.32. The number of aromatic nitrogens is 4. The van der Waals surface area contributed by atoms with E-state index in [1.807, 2.05) is 10.7 Å². The van der Waals surface area contributed by atoms with Crippen LogP contribution in [0.1, 0.15) is 29.9 Å². The Labute approximate surface area is 168 Å². The van der Waals surface area contributed by atoms with E-state index in [0.29, 0.717) is 5.92 Å². The van der Waals surface area contributed by atoms with Gasteiger partial charge in [0.25, 0.3) is 0 Å². The van der Waals surface area contributed by atoms with Crippen LogP contribution in [0, 0.1) is 6.92 Å². The molecule has 6 rings (SSSR count). The number of aromatic amines is 1. The highest BCUT2D eigenvalue weighted by Gasteiger charge is 2.16. The fraction of sp³-hybridized carbons (Fsp3) is 0.250. The summed E-state index contributed by atoms with van der Waals surface area (Å²) < 4.78 is 1.85. The SMILES string of the molecule is Cc1cc(-c2ccc3c(c2)[nH]c2ccc(C4CCNCC4)cc23)cn2ncnc12. The number of nitrogens with zero attached hydrogens (tertiary/aromatic N) is 3. The molecule has 2 aromatic carbocycles. The van der Waals surface area contributed by atoms with Crippen LogP contribution in [0.15, 0.2) is 55.0 Å². The van der Waals surface area contributed by atoms with Crippen molar-refractivity contribution in [1.82, 2.24) is 24.9 Å². The summed E-state index contributed by atoms with van der Waals surface area (Å²) in [7, 11) is 0. The highest BCUT2D eigenvalue weighted by Crippen LogP contribution is 2.33. The molecule has 2 N–H and O–H groups in total. The van der Waals surface area contributed by atoms with Crippen LogP contribution in [-0.2, 0) is 0 Å². The molecule has 5 heteroatoms. The molecule has 1 fully saturated rings. The van der Waals surface area contributed by atoms with Gasteiger partial charge in [-0.25, -0.2) is 9.50 Å². The highest BCUT2D eigenvalue weighted by molar-refractivity contribution is 6.08. The van der Waals surface area contributed by atoms with Crippen LogP contribution in [0.25, 0.3) is 38.6 Å². The Morgan fingerprint density at radius 3 is 2.72 bits per heavy atom. The molecule has 0 spiro atoms. The number of rotatable bonds is 2. The first kappa shape index (κ1) is 16.7. The molecule has 29 heavy (non-hydrogen) atoms. The van der Waals surface area contributed by atoms with Crippen molar-refractivity contribution in [3.8, 4) is 11.1 Å². The third kappa shape index (κ3) is 2.73. The summed E-state index contributed by atoms with van der Waals surface area (Å²) in [6.07, 6.45) is 6.10. The van der Waals surface area contributed by atoms with Crippen molar-refractivity contribution in [1.29, 1.82) is 0 Å². The Kier molecular flexibility index (Phi) is 3.71. The number of fused-ring (bicyclic) bond motifs is 4. The first-order valence-corrected chi connectivity index (χ1v) is 10.3. The summed E-state index contributed by atoms with van der Waals surface area (Å²) in [4.78, 5) is 7.94. The second kappa shape index (κ2) is 6.42. The van der Waals surface area contributed by atoms with E-state index in [1.165, 1.54) is 45.8 Å². The lowest BCUT2D eigenvalue weighted by Gasteiger charge is -2.23. The topological polar surface area (TPSA) is 58.0 Å². The van der Waals surface area contributed by atoms with Crippen molar-refractivity contribution in [3.63, 3.8) is 0 Å². The highest BCUT2D eigenvalue weighted by atomic mass is 15.3. The zero-order valence-corrected chi connectivity index (χ0v) is 16.4. The van der Waals surface area contributed by atoms with Gasteiger partial charge in [-0.05, 0) is 79.7 Å². The first-order valence-electron chi connectivity index (χ1n) is 10.3. The largest absolute Gasteiger partial charge is 0.354 e. The summed E-state index contributed by atoms with van der Waals surface area (Å²) in [5.74, 6) is 0.669. The normalized spacial score (nSPS) is 15.6. The van der Waals surface area contributed by atoms with Crippen molar-refractivity contribution < 1.29 is 0 Å². The van der Waals surface area contributed by atoms with Crippen molar-refractivity contribution in [3.05, 3.63) is 66.1 Å². The number of pyridine rings is 1. The minimum Gasteiger partial charge on any atom is -0.354 e. The Morgan fingerprint density at radius 1 is 0.931 bits per heavy atom. The Morgan fingerprint density at radius 2 is 1.83 bits per heavy atom. The van der Waals surface area contributed by atoms with Gasteiger partial charge in [-0.1, -0.05) is 18.2 Å². The predicted octanol–water partition coefficient (Wildman–Crippen LogP) is 4.81. The Bertz CT molecular complexity index is 1350. The average molecular weight is 381 g/mol. The average Bonchev–Trinajstić information content (AvgIpc) is 3.38. The number of piperidine rings is 1. The summed E-state index contributed by atoms with van der Waals surface area (Å²) >= 11 is 0. The van der Waals surface area contributed by atoms with Crippen LogP contribution >= 0.6 is 0 Å². The maximum Gasteiger partial charge on any atom is 0.158 e. The number of benzene rings is 2. The summed E-state index contributed by atoms with van der Waals surface area (Å²) in [5, 5.41) is 10.4. The number of nitrogens with one attached hydrogen (secondary N) is 2. The van der Waals surface area contributed by atoms with Crippen LogP contribution in [0.2, 0.25) is 0 Å². The van der Waals surface area contributed by atoms with Gasteiger partial charge in [0.1, 0.15) is 6.33 Å². The molecule has 0 aliphatic carbocycles. The first-order chi connectivity index (χ1) is 14.3. The Hall–Kier alpha value is -3.18. The third-order valence-electron chi connectivity index (χ3n) is 6.33. The summed E-state index contributed by atoms with van der Waals surface area (Å²) in [6, 6.07) is 15.8. The van der Waals surface area contributed by atoms with E-state index in [0.717, 1.165) is 29.9 Å². The standard InChI is InChI=1S/C24H23N5/c1-15-10-19(13-29-24(15)26-14-27-29)18-2-4-20-21-11-17(16-6-8-25-9-7-16)3-5-22(21)28-23(20)12-18/h2-5,10-14,16,25,28H,6-9H2,1H3. The van der Waals surface area contributed by atoms with E-state index < -0.39 is 0 Å². The molecule has 3 aromatic heterocycles. The van der Waals surface area contributed by atoms with Gasteiger partial charge in [0.15, 0.2) is 5.65 Å². The molecule has 5 aromatic rings. The molecular formula is C24H23N5. The van der Waals surface area contributed by atoms with E-state index in [9.17, 15) is 0 Å². The molecule has 4 heterocycles. The Balaban J connectivity index is 1.46. The number of aryl methyl sites for hydroxylation is 1. The van der Waals surface area contributed by atoms with Crippen LogP contribution < -0.4 is 5.32 Å². The van der Waals surface area contributed by atoms with Crippen LogP contribution in [0.3, 0.4) is 0 Å². The maximum atomic E-state index is 4.32. The molecule has 0 atom stereocenters. The van der Waals surface area contributed by atoms with Crippen LogP contribution in [-0.4, -0.2) is 32.7 Å². The van der Waals surface area contributed by atoms with E-state index in [1.54, 1.807) is 6.33 Å². The van der Waals surface area contributed by atoms with Crippen LogP contribution in [0.4, 0.5) is 0 Å². The molecule has 0 unspecified atom stereocenters. The van der Waals surface area contributed by atoms with Crippen molar-refractivity contribution in [2.24, 2.45) is 0 Å². The lowest BCUT2D eigenvalue weighted by molar-refractivity contribution is 0.460. The quantitative estimate of drug-likeness (QED) is 0.461. The number of H-pyrrole nitrogens is 1.